The molecule has 0 fully saturated rings. The molecule has 0 saturated heterocycles. The van der Waals surface area contributed by atoms with E-state index in [0.29, 0.717) is 28.3 Å². The van der Waals surface area contributed by atoms with Crippen LogP contribution in [0.4, 0.5) is 11.4 Å². The lowest BCUT2D eigenvalue weighted by Crippen LogP contribution is -2.13. The molecule has 0 aliphatic carbocycles. The van der Waals surface area contributed by atoms with E-state index < -0.39 is 0 Å². The van der Waals surface area contributed by atoms with Crippen molar-refractivity contribution >= 4 is 23.2 Å². The van der Waals surface area contributed by atoms with E-state index in [1.54, 1.807) is 67.8 Å². The van der Waals surface area contributed by atoms with Crippen LogP contribution in [0.5, 0.6) is 5.75 Å². The number of carbonyl (C=O) groups excluding carboxylic acids is 2. The molecule has 0 aliphatic rings. The molecule has 0 unspecified atom stereocenters. The van der Waals surface area contributed by atoms with Crippen LogP contribution in [0.2, 0.25) is 0 Å². The van der Waals surface area contributed by atoms with Crippen molar-refractivity contribution in [3.8, 4) is 5.75 Å². The average Bonchev–Trinajstić information content (AvgIpc) is 2.70. The van der Waals surface area contributed by atoms with Gasteiger partial charge in [-0.1, -0.05) is 23.8 Å². The molecule has 0 aliphatic heterocycles. The fourth-order valence-electron chi connectivity index (χ4n) is 2.51. The van der Waals surface area contributed by atoms with Crippen LogP contribution in [-0.2, 0) is 0 Å². The first-order valence-electron chi connectivity index (χ1n) is 8.48. The van der Waals surface area contributed by atoms with Gasteiger partial charge in [0.2, 0.25) is 0 Å². The highest BCUT2D eigenvalue weighted by molar-refractivity contribution is 6.05. The maximum atomic E-state index is 12.3. The summed E-state index contributed by atoms with van der Waals surface area (Å²) in [6, 6.07) is 21.3. The molecular formula is C22H20N2O3. The number of ether oxygens (including phenoxy) is 1. The summed E-state index contributed by atoms with van der Waals surface area (Å²) in [7, 11) is 1.56. The predicted molar refractivity (Wildman–Crippen MR) is 107 cm³/mol. The first-order valence-corrected chi connectivity index (χ1v) is 8.48. The van der Waals surface area contributed by atoms with Crippen molar-refractivity contribution in [1.82, 2.24) is 0 Å². The average molecular weight is 360 g/mol. The quantitative estimate of drug-likeness (QED) is 0.703. The monoisotopic (exact) mass is 360 g/mol. The molecule has 0 atom stereocenters. The van der Waals surface area contributed by atoms with Crippen molar-refractivity contribution in [1.29, 1.82) is 0 Å². The van der Waals surface area contributed by atoms with Gasteiger partial charge in [-0.15, -0.1) is 0 Å². The van der Waals surface area contributed by atoms with Gasteiger partial charge in [-0.05, 0) is 61.5 Å². The SMILES string of the molecule is COc1cccc(C(=O)Nc2ccc(NC(=O)c3ccc(C)cc3)cc2)c1. The van der Waals surface area contributed by atoms with Crippen LogP contribution in [0.3, 0.4) is 0 Å². The van der Waals surface area contributed by atoms with Crippen LogP contribution in [-0.4, -0.2) is 18.9 Å². The van der Waals surface area contributed by atoms with Gasteiger partial charge in [0.25, 0.3) is 11.8 Å². The van der Waals surface area contributed by atoms with Crippen LogP contribution in [0.15, 0.2) is 72.8 Å². The van der Waals surface area contributed by atoms with Gasteiger partial charge in [0.05, 0.1) is 7.11 Å². The van der Waals surface area contributed by atoms with E-state index in [1.807, 2.05) is 19.1 Å². The lowest BCUT2D eigenvalue weighted by molar-refractivity contribution is 0.101. The number of rotatable bonds is 5. The molecule has 5 nitrogen and oxygen atoms in total. The Balaban J connectivity index is 1.63. The molecule has 0 bridgehead atoms. The largest absolute Gasteiger partial charge is 0.497 e. The number of methoxy groups -OCH3 is 1. The van der Waals surface area contributed by atoms with Crippen molar-refractivity contribution in [2.45, 2.75) is 6.92 Å². The Morgan fingerprint density at radius 1 is 0.741 bits per heavy atom. The zero-order chi connectivity index (χ0) is 19.2. The van der Waals surface area contributed by atoms with E-state index in [9.17, 15) is 9.59 Å². The first-order chi connectivity index (χ1) is 13.0. The first kappa shape index (κ1) is 18.2. The summed E-state index contributed by atoms with van der Waals surface area (Å²) in [5, 5.41) is 5.66. The molecule has 2 amide bonds. The fourth-order valence-corrected chi connectivity index (χ4v) is 2.51. The molecule has 5 heteroatoms. The van der Waals surface area contributed by atoms with E-state index in [1.165, 1.54) is 0 Å². The molecule has 0 heterocycles. The smallest absolute Gasteiger partial charge is 0.255 e. The Labute approximate surface area is 158 Å². The minimum Gasteiger partial charge on any atom is -0.497 e. The lowest BCUT2D eigenvalue weighted by Gasteiger charge is -2.09. The van der Waals surface area contributed by atoms with Gasteiger partial charge in [-0.3, -0.25) is 9.59 Å². The van der Waals surface area contributed by atoms with E-state index in [2.05, 4.69) is 10.6 Å². The fraction of sp³-hybridized carbons (Fsp3) is 0.0909. The number of amides is 2. The number of nitrogens with one attached hydrogen (secondary N) is 2. The predicted octanol–water partition coefficient (Wildman–Crippen LogP) is 4.51. The third-order valence-electron chi connectivity index (χ3n) is 4.05. The molecule has 136 valence electrons. The molecular weight excluding hydrogens is 340 g/mol. The Morgan fingerprint density at radius 2 is 1.30 bits per heavy atom. The highest BCUT2D eigenvalue weighted by Gasteiger charge is 2.08. The summed E-state index contributed by atoms with van der Waals surface area (Å²) < 4.78 is 5.13. The second kappa shape index (κ2) is 8.19. The molecule has 0 radical (unpaired) electrons. The van der Waals surface area contributed by atoms with Crippen molar-refractivity contribution in [2.24, 2.45) is 0 Å². The zero-order valence-electron chi connectivity index (χ0n) is 15.2. The van der Waals surface area contributed by atoms with Gasteiger partial charge < -0.3 is 15.4 Å². The number of benzene rings is 3. The van der Waals surface area contributed by atoms with Crippen LogP contribution < -0.4 is 15.4 Å². The summed E-state index contributed by atoms with van der Waals surface area (Å²) in [4.78, 5) is 24.6. The molecule has 27 heavy (non-hydrogen) atoms. The van der Waals surface area contributed by atoms with Gasteiger partial charge >= 0.3 is 0 Å². The van der Waals surface area contributed by atoms with Crippen LogP contribution in [0.1, 0.15) is 26.3 Å². The summed E-state index contributed by atoms with van der Waals surface area (Å²) in [6.07, 6.45) is 0. The summed E-state index contributed by atoms with van der Waals surface area (Å²) >= 11 is 0. The summed E-state index contributed by atoms with van der Waals surface area (Å²) in [6.45, 7) is 1.97. The maximum absolute atomic E-state index is 12.3. The van der Waals surface area contributed by atoms with Gasteiger partial charge in [-0.25, -0.2) is 0 Å². The second-order valence-corrected chi connectivity index (χ2v) is 6.08. The van der Waals surface area contributed by atoms with Crippen molar-refractivity contribution in [3.05, 3.63) is 89.5 Å². The van der Waals surface area contributed by atoms with Gasteiger partial charge in [0.15, 0.2) is 0 Å². The minimum atomic E-state index is -0.231. The standard InChI is InChI=1S/C22H20N2O3/c1-15-6-8-16(9-7-15)21(25)23-18-10-12-19(13-11-18)24-22(26)17-4-3-5-20(14-17)27-2/h3-14H,1-2H3,(H,23,25)(H,24,26). The van der Waals surface area contributed by atoms with Crippen LogP contribution in [0, 0.1) is 6.92 Å². The Hall–Kier alpha value is -3.60. The lowest BCUT2D eigenvalue weighted by atomic mass is 10.1. The summed E-state index contributed by atoms with van der Waals surface area (Å²) in [5.74, 6) is 0.213. The Kier molecular flexibility index (Phi) is 5.52. The normalized spacial score (nSPS) is 10.1. The van der Waals surface area contributed by atoms with E-state index >= 15 is 0 Å². The van der Waals surface area contributed by atoms with Crippen LogP contribution >= 0.6 is 0 Å². The van der Waals surface area contributed by atoms with Crippen LogP contribution in [0.25, 0.3) is 0 Å². The third kappa shape index (κ3) is 4.73. The molecule has 3 aromatic rings. The molecule has 0 saturated carbocycles. The van der Waals surface area contributed by atoms with Gasteiger partial charge in [0, 0.05) is 22.5 Å². The third-order valence-corrected chi connectivity index (χ3v) is 4.05. The Morgan fingerprint density at radius 3 is 1.85 bits per heavy atom. The minimum absolute atomic E-state index is 0.178. The molecule has 3 rings (SSSR count). The maximum Gasteiger partial charge on any atom is 0.255 e. The number of hydrogen-bond acceptors (Lipinski definition) is 3. The van der Waals surface area contributed by atoms with Gasteiger partial charge in [-0.2, -0.15) is 0 Å². The summed E-state index contributed by atoms with van der Waals surface area (Å²) in [5.41, 5.74) is 3.49. The van der Waals surface area contributed by atoms with Crippen molar-refractivity contribution in [2.75, 3.05) is 17.7 Å². The second-order valence-electron chi connectivity index (χ2n) is 6.08. The number of carbonyl (C=O) groups is 2. The van der Waals surface area contributed by atoms with E-state index in [0.717, 1.165) is 5.56 Å². The number of hydrogen-bond donors (Lipinski definition) is 2. The number of anilines is 2. The Bertz CT molecular complexity index is 948. The molecule has 2 N–H and O–H groups in total. The molecule has 0 spiro atoms. The zero-order valence-corrected chi connectivity index (χ0v) is 15.2. The molecule has 0 aromatic heterocycles. The van der Waals surface area contributed by atoms with Crippen molar-refractivity contribution in [3.63, 3.8) is 0 Å². The van der Waals surface area contributed by atoms with E-state index in [-0.39, 0.29) is 11.8 Å². The van der Waals surface area contributed by atoms with Crippen molar-refractivity contribution < 1.29 is 14.3 Å². The molecule has 3 aromatic carbocycles. The van der Waals surface area contributed by atoms with E-state index in [4.69, 9.17) is 4.74 Å². The van der Waals surface area contributed by atoms with Gasteiger partial charge in [0.1, 0.15) is 5.75 Å². The number of aryl methyl sites for hydroxylation is 1. The topological polar surface area (TPSA) is 67.4 Å². The highest BCUT2D eigenvalue weighted by Crippen LogP contribution is 2.17. The highest BCUT2D eigenvalue weighted by atomic mass is 16.5.